The molecule has 0 bridgehead atoms. The second-order valence-electron chi connectivity index (χ2n) is 5.40. The summed E-state index contributed by atoms with van der Waals surface area (Å²) in [4.78, 5) is 11.5. The van der Waals surface area contributed by atoms with E-state index in [1.807, 2.05) is 0 Å². The standard InChI is InChI=1S/C13H24N2O2/c1-13(2,10-16)15-12(17)14-9-8-11-6-4-3-5-7-11/h8-9,11,16H,3-7,10H2,1-2H3,(H2,14,15,17)/b9-8+. The van der Waals surface area contributed by atoms with E-state index in [9.17, 15) is 4.79 Å². The summed E-state index contributed by atoms with van der Waals surface area (Å²) in [5, 5.41) is 14.4. The van der Waals surface area contributed by atoms with Crippen LogP contribution in [-0.2, 0) is 0 Å². The molecule has 1 aliphatic carbocycles. The summed E-state index contributed by atoms with van der Waals surface area (Å²) in [7, 11) is 0. The highest BCUT2D eigenvalue weighted by Crippen LogP contribution is 2.24. The maximum Gasteiger partial charge on any atom is 0.319 e. The van der Waals surface area contributed by atoms with Crippen molar-refractivity contribution < 1.29 is 9.90 Å². The van der Waals surface area contributed by atoms with E-state index in [1.165, 1.54) is 32.1 Å². The van der Waals surface area contributed by atoms with Gasteiger partial charge in [0.1, 0.15) is 0 Å². The van der Waals surface area contributed by atoms with E-state index in [4.69, 9.17) is 5.11 Å². The molecular formula is C13H24N2O2. The molecule has 4 nitrogen and oxygen atoms in total. The van der Waals surface area contributed by atoms with Crippen molar-refractivity contribution in [2.75, 3.05) is 6.61 Å². The van der Waals surface area contributed by atoms with Gasteiger partial charge in [0, 0.05) is 6.20 Å². The van der Waals surface area contributed by atoms with Crippen LogP contribution in [0.15, 0.2) is 12.3 Å². The molecule has 98 valence electrons. The molecule has 4 heteroatoms. The van der Waals surface area contributed by atoms with Gasteiger partial charge in [-0.25, -0.2) is 4.79 Å². The molecule has 0 saturated heterocycles. The number of nitrogens with one attached hydrogen (secondary N) is 2. The van der Waals surface area contributed by atoms with E-state index in [2.05, 4.69) is 16.7 Å². The fourth-order valence-corrected chi connectivity index (χ4v) is 1.97. The third kappa shape index (κ3) is 5.73. The van der Waals surface area contributed by atoms with Crippen molar-refractivity contribution in [1.82, 2.24) is 10.6 Å². The van der Waals surface area contributed by atoms with Crippen LogP contribution in [0, 0.1) is 5.92 Å². The minimum Gasteiger partial charge on any atom is -0.394 e. The van der Waals surface area contributed by atoms with Crippen LogP contribution in [0.4, 0.5) is 4.79 Å². The van der Waals surface area contributed by atoms with Crippen LogP contribution in [0.2, 0.25) is 0 Å². The van der Waals surface area contributed by atoms with Gasteiger partial charge < -0.3 is 15.7 Å². The molecule has 1 saturated carbocycles. The van der Waals surface area contributed by atoms with Gasteiger partial charge in [-0.3, -0.25) is 0 Å². The number of urea groups is 1. The van der Waals surface area contributed by atoms with Gasteiger partial charge in [-0.05, 0) is 32.6 Å². The van der Waals surface area contributed by atoms with Crippen LogP contribution in [-0.4, -0.2) is 23.3 Å². The molecule has 0 aromatic rings. The molecule has 0 unspecified atom stereocenters. The van der Waals surface area contributed by atoms with Crippen LogP contribution < -0.4 is 10.6 Å². The summed E-state index contributed by atoms with van der Waals surface area (Å²) in [5.41, 5.74) is -0.581. The average Bonchev–Trinajstić information content (AvgIpc) is 2.30. The molecule has 0 radical (unpaired) electrons. The third-order valence-electron chi connectivity index (χ3n) is 3.08. The lowest BCUT2D eigenvalue weighted by molar-refractivity contribution is 0.183. The fraction of sp³-hybridized carbons (Fsp3) is 0.769. The Morgan fingerprint density at radius 3 is 2.59 bits per heavy atom. The monoisotopic (exact) mass is 240 g/mol. The lowest BCUT2D eigenvalue weighted by Gasteiger charge is -2.23. The molecule has 3 N–H and O–H groups in total. The van der Waals surface area contributed by atoms with Crippen molar-refractivity contribution in [3.8, 4) is 0 Å². The predicted octanol–water partition coefficient (Wildman–Crippen LogP) is 2.15. The highest BCUT2D eigenvalue weighted by molar-refractivity contribution is 5.75. The normalized spacial score (nSPS) is 18.3. The molecular weight excluding hydrogens is 216 g/mol. The average molecular weight is 240 g/mol. The summed E-state index contributed by atoms with van der Waals surface area (Å²) in [6.45, 7) is 3.47. The van der Waals surface area contributed by atoms with Gasteiger partial charge in [0.05, 0.1) is 12.1 Å². The van der Waals surface area contributed by atoms with E-state index >= 15 is 0 Å². The van der Waals surface area contributed by atoms with Gasteiger partial charge in [-0.15, -0.1) is 0 Å². The minimum atomic E-state index is -0.581. The van der Waals surface area contributed by atoms with Gasteiger partial charge >= 0.3 is 6.03 Å². The number of amides is 2. The van der Waals surface area contributed by atoms with Crippen molar-refractivity contribution in [2.45, 2.75) is 51.5 Å². The number of aliphatic hydroxyl groups is 1. The maximum absolute atomic E-state index is 11.5. The molecule has 0 aromatic heterocycles. The first kappa shape index (κ1) is 14.0. The smallest absolute Gasteiger partial charge is 0.319 e. The molecule has 17 heavy (non-hydrogen) atoms. The summed E-state index contributed by atoms with van der Waals surface area (Å²) >= 11 is 0. The Balaban J connectivity index is 2.25. The molecule has 0 atom stereocenters. The highest BCUT2D eigenvalue weighted by atomic mass is 16.3. The Morgan fingerprint density at radius 2 is 2.00 bits per heavy atom. The lowest BCUT2D eigenvalue weighted by Crippen LogP contribution is -2.49. The second kappa shape index (κ2) is 6.64. The van der Waals surface area contributed by atoms with Crippen LogP contribution in [0.1, 0.15) is 46.0 Å². The van der Waals surface area contributed by atoms with Gasteiger partial charge in [-0.1, -0.05) is 25.3 Å². The number of allylic oxidation sites excluding steroid dienone is 1. The van der Waals surface area contributed by atoms with E-state index in [0.717, 1.165) is 0 Å². The highest BCUT2D eigenvalue weighted by Gasteiger charge is 2.18. The predicted molar refractivity (Wildman–Crippen MR) is 68.5 cm³/mol. The molecule has 0 heterocycles. The van der Waals surface area contributed by atoms with Gasteiger partial charge in [0.2, 0.25) is 0 Å². The molecule has 0 aromatic carbocycles. The van der Waals surface area contributed by atoms with Gasteiger partial charge in [0.15, 0.2) is 0 Å². The van der Waals surface area contributed by atoms with Crippen molar-refractivity contribution in [1.29, 1.82) is 0 Å². The summed E-state index contributed by atoms with van der Waals surface area (Å²) in [6, 6.07) is -0.267. The number of carbonyl (C=O) groups is 1. The van der Waals surface area contributed by atoms with Crippen molar-refractivity contribution in [3.63, 3.8) is 0 Å². The first-order valence-electron chi connectivity index (χ1n) is 6.40. The van der Waals surface area contributed by atoms with Crippen molar-refractivity contribution >= 4 is 6.03 Å². The van der Waals surface area contributed by atoms with Crippen LogP contribution in [0.5, 0.6) is 0 Å². The largest absolute Gasteiger partial charge is 0.394 e. The molecule has 1 rings (SSSR count). The molecule has 0 spiro atoms. The Bertz CT molecular complexity index is 269. The number of aliphatic hydroxyl groups excluding tert-OH is 1. The topological polar surface area (TPSA) is 61.4 Å². The summed E-state index contributed by atoms with van der Waals surface area (Å²) in [6.07, 6.45) is 10.2. The molecule has 0 aliphatic heterocycles. The Labute approximate surface area is 103 Å². The molecule has 1 fully saturated rings. The Hall–Kier alpha value is -1.03. The zero-order valence-electron chi connectivity index (χ0n) is 10.8. The number of carbonyl (C=O) groups excluding carboxylic acids is 1. The zero-order valence-corrected chi connectivity index (χ0v) is 10.8. The quantitative estimate of drug-likeness (QED) is 0.705. The molecule has 2 amide bonds. The van der Waals surface area contributed by atoms with Gasteiger partial charge in [-0.2, -0.15) is 0 Å². The van der Waals surface area contributed by atoms with E-state index in [0.29, 0.717) is 5.92 Å². The SMILES string of the molecule is CC(C)(CO)NC(=O)N/C=C/C1CCCCC1. The lowest BCUT2D eigenvalue weighted by atomic mass is 9.89. The first-order valence-corrected chi connectivity index (χ1v) is 6.40. The first-order chi connectivity index (χ1) is 8.03. The number of rotatable bonds is 4. The summed E-state index contributed by atoms with van der Waals surface area (Å²) < 4.78 is 0. The van der Waals surface area contributed by atoms with Crippen LogP contribution in [0.25, 0.3) is 0 Å². The van der Waals surface area contributed by atoms with E-state index in [1.54, 1.807) is 20.0 Å². The Morgan fingerprint density at radius 1 is 1.35 bits per heavy atom. The van der Waals surface area contributed by atoms with E-state index in [-0.39, 0.29) is 12.6 Å². The second-order valence-corrected chi connectivity index (χ2v) is 5.40. The minimum absolute atomic E-state index is 0.0766. The number of hydrogen-bond donors (Lipinski definition) is 3. The zero-order chi connectivity index (χ0) is 12.7. The van der Waals surface area contributed by atoms with E-state index < -0.39 is 5.54 Å². The molecule has 1 aliphatic rings. The summed E-state index contributed by atoms with van der Waals surface area (Å²) in [5.74, 6) is 0.606. The maximum atomic E-state index is 11.5. The third-order valence-corrected chi connectivity index (χ3v) is 3.08. The van der Waals surface area contributed by atoms with Gasteiger partial charge in [0.25, 0.3) is 0 Å². The van der Waals surface area contributed by atoms with Crippen LogP contribution in [0.3, 0.4) is 0 Å². The number of hydrogen-bond acceptors (Lipinski definition) is 2. The fourth-order valence-electron chi connectivity index (χ4n) is 1.97. The van der Waals surface area contributed by atoms with Crippen LogP contribution >= 0.6 is 0 Å². The van der Waals surface area contributed by atoms with Crippen molar-refractivity contribution in [2.24, 2.45) is 5.92 Å². The van der Waals surface area contributed by atoms with Crippen molar-refractivity contribution in [3.05, 3.63) is 12.3 Å². The Kier molecular flexibility index (Phi) is 5.48.